The summed E-state index contributed by atoms with van der Waals surface area (Å²) in [5, 5.41) is 22.6. The number of hydrogen-bond acceptors (Lipinski definition) is 5. The summed E-state index contributed by atoms with van der Waals surface area (Å²) in [5.74, 6) is -0.361. The van der Waals surface area contributed by atoms with E-state index in [1.807, 2.05) is 6.07 Å². The number of hydrogen-bond donors (Lipinski definition) is 2. The quantitative estimate of drug-likeness (QED) is 0.578. The van der Waals surface area contributed by atoms with Gasteiger partial charge in [0, 0.05) is 28.9 Å². The molecule has 3 heterocycles. The number of fused-ring (bicyclic) bond motifs is 2. The molecule has 1 aliphatic rings. The Labute approximate surface area is 160 Å². The number of carbonyl (C=O) groups is 1. The molecule has 5 rings (SSSR count). The van der Waals surface area contributed by atoms with Crippen LogP contribution < -0.4 is 0 Å². The Hall–Kier alpha value is -3.77. The van der Waals surface area contributed by atoms with E-state index in [1.54, 1.807) is 71.6 Å². The Bertz CT molecular complexity index is 1260. The zero-order valence-electron chi connectivity index (χ0n) is 14.6. The minimum Gasteiger partial charge on any atom is -0.505 e. The van der Waals surface area contributed by atoms with Gasteiger partial charge in [0.2, 0.25) is 5.78 Å². The van der Waals surface area contributed by atoms with Gasteiger partial charge >= 0.3 is 0 Å². The van der Waals surface area contributed by atoms with Gasteiger partial charge in [-0.1, -0.05) is 24.3 Å². The highest BCUT2D eigenvalue weighted by molar-refractivity contribution is 6.55. The maximum atomic E-state index is 13.0. The van der Waals surface area contributed by atoms with Gasteiger partial charge in [-0.25, -0.2) is 4.99 Å². The number of para-hydroxylation sites is 2. The fourth-order valence-electron chi connectivity index (χ4n) is 3.63. The Kier molecular flexibility index (Phi) is 3.60. The van der Waals surface area contributed by atoms with E-state index in [0.717, 1.165) is 0 Å². The van der Waals surface area contributed by atoms with Crippen molar-refractivity contribution in [3.8, 4) is 5.75 Å². The molecular formula is C22H15N3O3. The number of benzene rings is 2. The van der Waals surface area contributed by atoms with E-state index in [0.29, 0.717) is 27.7 Å². The molecule has 0 saturated carbocycles. The lowest BCUT2D eigenvalue weighted by Crippen LogP contribution is -2.20. The molecule has 136 valence electrons. The minimum absolute atomic E-state index is 0.0800. The molecule has 0 fully saturated rings. The number of rotatable bonds is 3. The van der Waals surface area contributed by atoms with Crippen molar-refractivity contribution in [3.63, 3.8) is 0 Å². The molecule has 0 spiro atoms. The third kappa shape index (κ3) is 2.28. The fraction of sp³-hybridized carbons (Fsp3) is 0.0455. The molecule has 0 saturated heterocycles. The maximum Gasteiger partial charge on any atom is 0.215 e. The topological polar surface area (TPSA) is 87.7 Å². The number of pyridine rings is 1. The van der Waals surface area contributed by atoms with Crippen molar-refractivity contribution in [2.45, 2.75) is 6.23 Å². The molecule has 28 heavy (non-hydrogen) atoms. The number of aliphatic hydroxyl groups excluding tert-OH is 1. The fourth-order valence-corrected chi connectivity index (χ4v) is 3.63. The molecule has 0 amide bonds. The van der Waals surface area contributed by atoms with Crippen LogP contribution in [0.3, 0.4) is 0 Å². The lowest BCUT2D eigenvalue weighted by molar-refractivity contribution is 0.106. The highest BCUT2D eigenvalue weighted by Crippen LogP contribution is 2.39. The predicted molar refractivity (Wildman–Crippen MR) is 105 cm³/mol. The minimum atomic E-state index is -1.12. The summed E-state index contributed by atoms with van der Waals surface area (Å²) in [6.45, 7) is 0. The first kappa shape index (κ1) is 16.4. The van der Waals surface area contributed by atoms with Crippen molar-refractivity contribution < 1.29 is 15.0 Å². The van der Waals surface area contributed by atoms with Crippen LogP contribution in [-0.2, 0) is 0 Å². The van der Waals surface area contributed by atoms with E-state index in [-0.39, 0.29) is 22.9 Å². The first-order valence-electron chi connectivity index (χ1n) is 8.79. The number of aliphatic imine (C=N–C) groups is 1. The van der Waals surface area contributed by atoms with E-state index < -0.39 is 6.23 Å². The maximum absolute atomic E-state index is 13.0. The second-order valence-electron chi connectivity index (χ2n) is 6.55. The van der Waals surface area contributed by atoms with E-state index in [1.165, 1.54) is 0 Å². The van der Waals surface area contributed by atoms with Crippen LogP contribution in [0.2, 0.25) is 0 Å². The molecule has 1 aliphatic heterocycles. The molecule has 2 aromatic carbocycles. The SMILES string of the molecule is O=C1C(c2c(O)c3ccccc3n2C(O)c2ccncc2)=Nc2ccccc21. The van der Waals surface area contributed by atoms with Crippen LogP contribution in [0.1, 0.15) is 27.8 Å². The van der Waals surface area contributed by atoms with Gasteiger partial charge in [-0.2, -0.15) is 0 Å². The highest BCUT2D eigenvalue weighted by Gasteiger charge is 2.33. The molecular weight excluding hydrogens is 354 g/mol. The monoisotopic (exact) mass is 369 g/mol. The molecule has 6 nitrogen and oxygen atoms in total. The number of aromatic hydroxyl groups is 1. The van der Waals surface area contributed by atoms with E-state index in [9.17, 15) is 15.0 Å². The third-order valence-corrected chi connectivity index (χ3v) is 4.95. The number of carbonyl (C=O) groups excluding carboxylic acids is 1. The molecule has 4 aromatic rings. The van der Waals surface area contributed by atoms with Crippen molar-refractivity contribution in [1.82, 2.24) is 9.55 Å². The number of nitrogens with zero attached hydrogens (tertiary/aromatic N) is 3. The van der Waals surface area contributed by atoms with Gasteiger partial charge in [0.1, 0.15) is 11.4 Å². The van der Waals surface area contributed by atoms with Gasteiger partial charge in [0.15, 0.2) is 12.0 Å². The van der Waals surface area contributed by atoms with E-state index >= 15 is 0 Å². The van der Waals surface area contributed by atoms with E-state index in [2.05, 4.69) is 9.98 Å². The van der Waals surface area contributed by atoms with Gasteiger partial charge in [-0.05, 0) is 36.4 Å². The Morgan fingerprint density at radius 3 is 2.43 bits per heavy atom. The molecule has 0 radical (unpaired) electrons. The molecule has 1 unspecified atom stereocenters. The average molecular weight is 369 g/mol. The smallest absolute Gasteiger partial charge is 0.215 e. The average Bonchev–Trinajstić information content (AvgIpc) is 3.23. The Morgan fingerprint density at radius 2 is 1.64 bits per heavy atom. The highest BCUT2D eigenvalue weighted by atomic mass is 16.3. The van der Waals surface area contributed by atoms with Crippen molar-refractivity contribution >= 4 is 28.1 Å². The largest absolute Gasteiger partial charge is 0.505 e. The predicted octanol–water partition coefficient (Wildman–Crippen LogP) is 3.60. The number of aromatic nitrogens is 2. The summed E-state index contributed by atoms with van der Waals surface area (Å²) in [6, 6.07) is 17.6. The van der Waals surface area contributed by atoms with Crippen LogP contribution >= 0.6 is 0 Å². The van der Waals surface area contributed by atoms with Gasteiger partial charge in [0.25, 0.3) is 0 Å². The second kappa shape index (κ2) is 6.14. The van der Waals surface area contributed by atoms with Crippen LogP contribution in [0.25, 0.3) is 10.9 Å². The van der Waals surface area contributed by atoms with Crippen LogP contribution in [0, 0.1) is 0 Å². The molecule has 0 bridgehead atoms. The molecule has 1 atom stereocenters. The second-order valence-corrected chi connectivity index (χ2v) is 6.55. The van der Waals surface area contributed by atoms with Gasteiger partial charge < -0.3 is 14.8 Å². The van der Waals surface area contributed by atoms with Crippen molar-refractivity contribution in [2.75, 3.05) is 0 Å². The van der Waals surface area contributed by atoms with Crippen LogP contribution in [0.5, 0.6) is 5.75 Å². The Morgan fingerprint density at radius 1 is 0.929 bits per heavy atom. The van der Waals surface area contributed by atoms with Crippen LogP contribution in [0.15, 0.2) is 78.0 Å². The van der Waals surface area contributed by atoms with Crippen LogP contribution in [0.4, 0.5) is 5.69 Å². The Balaban J connectivity index is 1.79. The summed E-state index contributed by atoms with van der Waals surface area (Å²) in [6.07, 6.45) is 2.04. The molecule has 6 heteroatoms. The first-order chi connectivity index (χ1) is 13.7. The van der Waals surface area contributed by atoms with Gasteiger partial charge in [0.05, 0.1) is 11.2 Å². The molecule has 0 aliphatic carbocycles. The number of Topliss-reactive ketones (excluding diaryl/α,β-unsaturated/α-hetero) is 1. The zero-order chi connectivity index (χ0) is 19.3. The lowest BCUT2D eigenvalue weighted by atomic mass is 10.1. The summed E-state index contributed by atoms with van der Waals surface area (Å²) in [7, 11) is 0. The number of ketones is 1. The third-order valence-electron chi connectivity index (χ3n) is 4.95. The first-order valence-corrected chi connectivity index (χ1v) is 8.79. The summed E-state index contributed by atoms with van der Waals surface area (Å²) < 4.78 is 1.54. The van der Waals surface area contributed by atoms with E-state index in [4.69, 9.17) is 0 Å². The lowest BCUT2D eigenvalue weighted by Gasteiger charge is -2.17. The summed E-state index contributed by atoms with van der Waals surface area (Å²) in [5.41, 5.74) is 2.53. The molecule has 2 aromatic heterocycles. The standard InChI is InChI=1S/C22H15N3O3/c26-20-14-5-1-3-7-16(14)24-18(20)19-21(27)15-6-2-4-8-17(15)25(19)22(28)13-9-11-23-12-10-13/h1-12,22,27-28H. The summed E-state index contributed by atoms with van der Waals surface area (Å²) in [4.78, 5) is 21.4. The molecule has 2 N–H and O–H groups in total. The summed E-state index contributed by atoms with van der Waals surface area (Å²) >= 11 is 0. The van der Waals surface area contributed by atoms with Crippen molar-refractivity contribution in [3.05, 3.63) is 89.9 Å². The van der Waals surface area contributed by atoms with Gasteiger partial charge in [-0.15, -0.1) is 0 Å². The number of aliphatic hydroxyl groups is 1. The normalized spacial score (nSPS) is 14.2. The van der Waals surface area contributed by atoms with Crippen LogP contribution in [-0.4, -0.2) is 31.3 Å². The van der Waals surface area contributed by atoms with Gasteiger partial charge in [-0.3, -0.25) is 9.78 Å². The van der Waals surface area contributed by atoms with Crippen molar-refractivity contribution in [1.29, 1.82) is 0 Å². The van der Waals surface area contributed by atoms with Crippen molar-refractivity contribution in [2.24, 2.45) is 4.99 Å². The zero-order valence-corrected chi connectivity index (χ0v) is 14.6.